The lowest BCUT2D eigenvalue weighted by molar-refractivity contribution is 0.0601. The van der Waals surface area contributed by atoms with E-state index >= 15 is 0 Å². The van der Waals surface area contributed by atoms with E-state index in [2.05, 4.69) is 20.8 Å². The fraction of sp³-hybridized carbons (Fsp3) is 0.545. The zero-order chi connectivity index (χ0) is 11.6. The van der Waals surface area contributed by atoms with Crippen molar-refractivity contribution < 1.29 is 9.53 Å². The Kier molecular flexibility index (Phi) is 3.74. The van der Waals surface area contributed by atoms with E-state index in [4.69, 9.17) is 10.5 Å². The van der Waals surface area contributed by atoms with Gasteiger partial charge in [-0.25, -0.2) is 4.79 Å². The Bertz CT molecular complexity index is 369. The van der Waals surface area contributed by atoms with Crippen molar-refractivity contribution >= 4 is 22.3 Å². The molecule has 0 spiro atoms. The van der Waals surface area contributed by atoms with Crippen LogP contribution in [-0.2, 0) is 11.2 Å². The minimum Gasteiger partial charge on any atom is -0.465 e. The highest BCUT2D eigenvalue weighted by Gasteiger charge is 2.23. The van der Waals surface area contributed by atoms with Gasteiger partial charge in [0.1, 0.15) is 5.00 Å². The zero-order valence-electron chi connectivity index (χ0n) is 9.59. The van der Waals surface area contributed by atoms with Crippen LogP contribution in [-0.4, -0.2) is 13.1 Å². The largest absolute Gasteiger partial charge is 0.465 e. The Morgan fingerprint density at radius 2 is 2.13 bits per heavy atom. The summed E-state index contributed by atoms with van der Waals surface area (Å²) >= 11 is 1.49. The molecule has 0 unspecified atom stereocenters. The number of nitrogens with two attached hydrogens (primary N) is 1. The van der Waals surface area contributed by atoms with Gasteiger partial charge in [0.2, 0.25) is 0 Å². The third-order valence-corrected chi connectivity index (χ3v) is 3.52. The van der Waals surface area contributed by atoms with Gasteiger partial charge < -0.3 is 10.5 Å². The number of carbonyl (C=O) groups is 1. The van der Waals surface area contributed by atoms with Gasteiger partial charge in [-0.15, -0.1) is 11.3 Å². The number of nitrogen functional groups attached to an aromatic ring is 1. The van der Waals surface area contributed by atoms with Crippen LogP contribution in [0.4, 0.5) is 5.00 Å². The van der Waals surface area contributed by atoms with Gasteiger partial charge in [-0.05, 0) is 17.9 Å². The molecular formula is C11H17NO2S. The van der Waals surface area contributed by atoms with Crippen molar-refractivity contribution in [2.24, 2.45) is 0 Å². The molecule has 2 N–H and O–H groups in total. The average Bonchev–Trinajstić information content (AvgIpc) is 2.54. The van der Waals surface area contributed by atoms with Gasteiger partial charge >= 0.3 is 5.97 Å². The average molecular weight is 227 g/mol. The standard InChI is InChI=1S/C11H17NO2S/c1-5-7-8(6(2)3)9(10(12)15-7)11(13)14-4/h6H,5,12H2,1-4H3. The topological polar surface area (TPSA) is 52.3 Å². The number of rotatable bonds is 3. The second kappa shape index (κ2) is 4.66. The number of aryl methyl sites for hydroxylation is 1. The second-order valence-electron chi connectivity index (χ2n) is 3.68. The minimum atomic E-state index is -0.327. The monoisotopic (exact) mass is 227 g/mol. The number of hydrogen-bond acceptors (Lipinski definition) is 4. The van der Waals surface area contributed by atoms with Gasteiger partial charge in [-0.2, -0.15) is 0 Å². The molecule has 0 radical (unpaired) electrons. The smallest absolute Gasteiger partial charge is 0.341 e. The van der Waals surface area contributed by atoms with Crippen molar-refractivity contribution in [3.63, 3.8) is 0 Å². The van der Waals surface area contributed by atoms with E-state index < -0.39 is 0 Å². The van der Waals surface area contributed by atoms with E-state index in [1.165, 1.54) is 23.3 Å². The summed E-state index contributed by atoms with van der Waals surface area (Å²) in [5, 5.41) is 0.572. The predicted molar refractivity (Wildman–Crippen MR) is 63.5 cm³/mol. The molecular weight excluding hydrogens is 210 g/mol. The van der Waals surface area contributed by atoms with Crippen LogP contribution in [0.15, 0.2) is 0 Å². The molecule has 0 aliphatic heterocycles. The van der Waals surface area contributed by atoms with E-state index in [1.54, 1.807) is 0 Å². The van der Waals surface area contributed by atoms with Gasteiger partial charge in [0.15, 0.2) is 0 Å². The van der Waals surface area contributed by atoms with Crippen LogP contribution in [0.3, 0.4) is 0 Å². The first-order valence-corrected chi connectivity index (χ1v) is 5.83. The summed E-state index contributed by atoms with van der Waals surface area (Å²) in [7, 11) is 1.38. The lowest BCUT2D eigenvalue weighted by atomic mass is 9.98. The number of methoxy groups -OCH3 is 1. The summed E-state index contributed by atoms with van der Waals surface area (Å²) in [5.41, 5.74) is 7.46. The SMILES string of the molecule is CCc1sc(N)c(C(=O)OC)c1C(C)C. The number of esters is 1. The van der Waals surface area contributed by atoms with E-state index in [0.29, 0.717) is 16.5 Å². The quantitative estimate of drug-likeness (QED) is 0.808. The van der Waals surface area contributed by atoms with Crippen LogP contribution in [0, 0.1) is 0 Å². The van der Waals surface area contributed by atoms with Crippen LogP contribution >= 0.6 is 11.3 Å². The lowest BCUT2D eigenvalue weighted by Crippen LogP contribution is -2.07. The van der Waals surface area contributed by atoms with Gasteiger partial charge in [-0.1, -0.05) is 20.8 Å². The van der Waals surface area contributed by atoms with Crippen LogP contribution in [0.5, 0.6) is 0 Å². The van der Waals surface area contributed by atoms with Crippen molar-refractivity contribution in [2.75, 3.05) is 12.8 Å². The molecule has 0 saturated carbocycles. The molecule has 84 valence electrons. The van der Waals surface area contributed by atoms with E-state index in [9.17, 15) is 4.79 Å². The van der Waals surface area contributed by atoms with Crippen LogP contribution in [0.1, 0.15) is 47.5 Å². The number of thiophene rings is 1. The van der Waals surface area contributed by atoms with E-state index in [0.717, 1.165) is 12.0 Å². The van der Waals surface area contributed by atoms with E-state index in [-0.39, 0.29) is 5.97 Å². The van der Waals surface area contributed by atoms with Crippen LogP contribution in [0.25, 0.3) is 0 Å². The first-order valence-electron chi connectivity index (χ1n) is 5.02. The molecule has 0 aliphatic rings. The molecule has 3 nitrogen and oxygen atoms in total. The van der Waals surface area contributed by atoms with Gasteiger partial charge in [0.05, 0.1) is 12.7 Å². The summed E-state index contributed by atoms with van der Waals surface area (Å²) in [5.74, 6) is -0.0326. The lowest BCUT2D eigenvalue weighted by Gasteiger charge is -2.08. The van der Waals surface area contributed by atoms with Crippen molar-refractivity contribution in [2.45, 2.75) is 33.1 Å². The number of anilines is 1. The Balaban J connectivity index is 3.35. The summed E-state index contributed by atoms with van der Waals surface area (Å²) < 4.78 is 4.75. The molecule has 0 bridgehead atoms. The Morgan fingerprint density at radius 3 is 2.53 bits per heavy atom. The van der Waals surface area contributed by atoms with Crippen molar-refractivity contribution in [1.29, 1.82) is 0 Å². The van der Waals surface area contributed by atoms with Gasteiger partial charge in [-0.3, -0.25) is 0 Å². The molecule has 0 atom stereocenters. The molecule has 0 fully saturated rings. The molecule has 0 aliphatic carbocycles. The Hall–Kier alpha value is -1.03. The highest BCUT2D eigenvalue weighted by molar-refractivity contribution is 7.16. The van der Waals surface area contributed by atoms with Gasteiger partial charge in [0, 0.05) is 4.88 Å². The summed E-state index contributed by atoms with van der Waals surface area (Å²) in [4.78, 5) is 12.8. The molecule has 1 aromatic rings. The molecule has 15 heavy (non-hydrogen) atoms. The normalized spacial score (nSPS) is 10.7. The molecule has 0 saturated heterocycles. The zero-order valence-corrected chi connectivity index (χ0v) is 10.4. The summed E-state index contributed by atoms with van der Waals surface area (Å²) in [6, 6.07) is 0. The number of carbonyl (C=O) groups excluding carboxylic acids is 1. The third-order valence-electron chi connectivity index (χ3n) is 2.34. The number of ether oxygens (including phenoxy) is 1. The number of hydrogen-bond donors (Lipinski definition) is 1. The molecule has 4 heteroatoms. The van der Waals surface area contributed by atoms with E-state index in [1.807, 2.05) is 0 Å². The molecule has 1 aromatic heterocycles. The van der Waals surface area contributed by atoms with Crippen molar-refractivity contribution in [3.05, 3.63) is 16.0 Å². The molecule has 0 amide bonds. The maximum absolute atomic E-state index is 11.6. The first kappa shape index (κ1) is 12.0. The second-order valence-corrected chi connectivity index (χ2v) is 4.81. The molecule has 1 rings (SSSR count). The summed E-state index contributed by atoms with van der Waals surface area (Å²) in [6.45, 7) is 6.19. The summed E-state index contributed by atoms with van der Waals surface area (Å²) in [6.07, 6.45) is 0.902. The molecule has 0 aromatic carbocycles. The van der Waals surface area contributed by atoms with Crippen LogP contribution < -0.4 is 5.73 Å². The van der Waals surface area contributed by atoms with Gasteiger partial charge in [0.25, 0.3) is 0 Å². The predicted octanol–water partition coefficient (Wildman–Crippen LogP) is 2.80. The minimum absolute atomic E-state index is 0.294. The van der Waals surface area contributed by atoms with Crippen LogP contribution in [0.2, 0.25) is 0 Å². The Morgan fingerprint density at radius 1 is 1.53 bits per heavy atom. The fourth-order valence-corrected chi connectivity index (χ4v) is 2.85. The highest BCUT2D eigenvalue weighted by atomic mass is 32.1. The maximum Gasteiger partial charge on any atom is 0.341 e. The molecule has 1 heterocycles. The van der Waals surface area contributed by atoms with Crippen molar-refractivity contribution in [1.82, 2.24) is 0 Å². The third kappa shape index (κ3) is 2.15. The fourth-order valence-electron chi connectivity index (χ4n) is 1.70. The van der Waals surface area contributed by atoms with Crippen molar-refractivity contribution in [3.8, 4) is 0 Å². The first-order chi connectivity index (χ1) is 7.02. The highest BCUT2D eigenvalue weighted by Crippen LogP contribution is 2.36. The maximum atomic E-state index is 11.6. The Labute approximate surface area is 94.2 Å².